The summed E-state index contributed by atoms with van der Waals surface area (Å²) < 4.78 is 5.17. The fraction of sp³-hybridized carbons (Fsp3) is 0.136. The number of carbonyl (C=O) groups excluding carboxylic acids is 2. The predicted octanol–water partition coefficient (Wildman–Crippen LogP) is 2.63. The van der Waals surface area contributed by atoms with E-state index in [0.717, 1.165) is 16.7 Å². The minimum absolute atomic E-state index is 0.260. The number of fused-ring (bicyclic) bond motifs is 1. The average molecular weight is 388 g/mol. The molecule has 1 aromatic heterocycles. The summed E-state index contributed by atoms with van der Waals surface area (Å²) in [4.78, 5) is 29.3. The largest absolute Gasteiger partial charge is 0.497 e. The lowest BCUT2D eigenvalue weighted by Gasteiger charge is -2.15. The van der Waals surface area contributed by atoms with Gasteiger partial charge >= 0.3 is 0 Å². The first kappa shape index (κ1) is 18.5. The lowest BCUT2D eigenvalue weighted by molar-refractivity contribution is -0.117. The van der Waals surface area contributed by atoms with Crippen molar-refractivity contribution in [2.24, 2.45) is 0 Å². The van der Waals surface area contributed by atoms with Gasteiger partial charge in [-0.2, -0.15) is 0 Å². The molecule has 29 heavy (non-hydrogen) atoms. The van der Waals surface area contributed by atoms with Crippen molar-refractivity contribution in [1.82, 2.24) is 10.3 Å². The zero-order chi connectivity index (χ0) is 20.4. The van der Waals surface area contributed by atoms with E-state index in [4.69, 9.17) is 10.5 Å². The van der Waals surface area contributed by atoms with Crippen LogP contribution in [0.25, 0.3) is 11.1 Å². The molecule has 2 heterocycles. The molecule has 0 fully saturated rings. The van der Waals surface area contributed by atoms with Gasteiger partial charge in [-0.15, -0.1) is 0 Å². The molecule has 0 saturated carbocycles. The molecule has 1 aliphatic heterocycles. The van der Waals surface area contributed by atoms with Crippen molar-refractivity contribution < 1.29 is 14.3 Å². The van der Waals surface area contributed by atoms with Gasteiger partial charge in [0.1, 0.15) is 11.8 Å². The number of benzene rings is 2. The van der Waals surface area contributed by atoms with Gasteiger partial charge < -0.3 is 21.1 Å². The molecule has 2 aromatic carbocycles. The van der Waals surface area contributed by atoms with Crippen molar-refractivity contribution in [3.8, 4) is 16.9 Å². The second-order valence-electron chi connectivity index (χ2n) is 6.79. The van der Waals surface area contributed by atoms with Gasteiger partial charge in [0.25, 0.3) is 5.91 Å². The molecule has 0 spiro atoms. The maximum Gasteiger partial charge on any atom is 0.254 e. The van der Waals surface area contributed by atoms with Gasteiger partial charge in [-0.3, -0.25) is 14.6 Å². The average Bonchev–Trinajstić information content (AvgIpc) is 2.85. The standard InChI is InChI=1S/C22H20N4O3/c1-29-15-6-7-19-17(11-15)21(27)26-20(22(28)25-19)10-13-2-4-14(5-3-13)16-8-9-24-12-18(16)23/h2-9,11-12,20H,10,23H2,1H3,(H,25,28)(H,26,27). The fourth-order valence-electron chi connectivity index (χ4n) is 3.34. The van der Waals surface area contributed by atoms with Crippen molar-refractivity contribution in [3.05, 3.63) is 72.1 Å². The highest BCUT2D eigenvalue weighted by Gasteiger charge is 2.28. The third-order valence-corrected chi connectivity index (χ3v) is 4.91. The maximum atomic E-state index is 12.6. The highest BCUT2D eigenvalue weighted by molar-refractivity contribution is 6.10. The Balaban J connectivity index is 1.53. The van der Waals surface area contributed by atoms with Crippen LogP contribution >= 0.6 is 0 Å². The third-order valence-electron chi connectivity index (χ3n) is 4.91. The van der Waals surface area contributed by atoms with Crippen LogP contribution < -0.4 is 21.1 Å². The quantitative estimate of drug-likeness (QED) is 0.637. The van der Waals surface area contributed by atoms with Crippen LogP contribution in [0.4, 0.5) is 11.4 Å². The third kappa shape index (κ3) is 3.75. The molecule has 7 nitrogen and oxygen atoms in total. The van der Waals surface area contributed by atoms with Gasteiger partial charge in [0.05, 0.1) is 30.2 Å². The van der Waals surface area contributed by atoms with E-state index in [2.05, 4.69) is 15.6 Å². The molecule has 1 unspecified atom stereocenters. The SMILES string of the molecule is COc1ccc2c(c1)C(=O)NC(Cc1ccc(-c3ccncc3N)cc1)C(=O)N2. The number of ether oxygens (including phenoxy) is 1. The number of pyridine rings is 1. The highest BCUT2D eigenvalue weighted by Crippen LogP contribution is 2.26. The number of hydrogen-bond acceptors (Lipinski definition) is 5. The summed E-state index contributed by atoms with van der Waals surface area (Å²) >= 11 is 0. The van der Waals surface area contributed by atoms with Crippen LogP contribution in [0.2, 0.25) is 0 Å². The zero-order valence-electron chi connectivity index (χ0n) is 15.8. The minimum Gasteiger partial charge on any atom is -0.497 e. The Labute approximate surface area is 167 Å². The first-order valence-electron chi connectivity index (χ1n) is 9.13. The molecular formula is C22H20N4O3. The van der Waals surface area contributed by atoms with Gasteiger partial charge in [0.2, 0.25) is 5.91 Å². The van der Waals surface area contributed by atoms with Crippen LogP contribution in [0.5, 0.6) is 5.75 Å². The van der Waals surface area contributed by atoms with Crippen molar-refractivity contribution in [3.63, 3.8) is 0 Å². The number of aromatic nitrogens is 1. The first-order chi connectivity index (χ1) is 14.0. The Morgan fingerprint density at radius 3 is 2.59 bits per heavy atom. The Hall–Kier alpha value is -3.87. The number of nitrogen functional groups attached to an aromatic ring is 1. The van der Waals surface area contributed by atoms with Crippen LogP contribution in [-0.2, 0) is 11.2 Å². The fourth-order valence-corrected chi connectivity index (χ4v) is 3.34. The molecule has 1 aliphatic rings. The van der Waals surface area contributed by atoms with E-state index in [1.165, 1.54) is 7.11 Å². The summed E-state index contributed by atoms with van der Waals surface area (Å²) in [6, 6.07) is 13.9. The molecule has 1 atom stereocenters. The molecule has 0 aliphatic carbocycles. The van der Waals surface area contributed by atoms with E-state index in [9.17, 15) is 9.59 Å². The summed E-state index contributed by atoms with van der Waals surface area (Å²) in [5, 5.41) is 5.62. The number of amides is 2. The van der Waals surface area contributed by atoms with E-state index in [1.807, 2.05) is 30.3 Å². The summed E-state index contributed by atoms with van der Waals surface area (Å²) in [5.41, 5.74) is 10.2. The van der Waals surface area contributed by atoms with Gasteiger partial charge in [0.15, 0.2) is 0 Å². The van der Waals surface area contributed by atoms with Gasteiger partial charge in [-0.25, -0.2) is 0 Å². The van der Waals surface area contributed by atoms with Crippen molar-refractivity contribution in [1.29, 1.82) is 0 Å². The van der Waals surface area contributed by atoms with Gasteiger partial charge in [0, 0.05) is 18.2 Å². The monoisotopic (exact) mass is 388 g/mol. The molecular weight excluding hydrogens is 368 g/mol. The highest BCUT2D eigenvalue weighted by atomic mass is 16.5. The maximum absolute atomic E-state index is 12.6. The summed E-state index contributed by atoms with van der Waals surface area (Å²) in [5.74, 6) is -0.0225. The van der Waals surface area contributed by atoms with Crippen LogP contribution in [0.15, 0.2) is 60.9 Å². The lowest BCUT2D eigenvalue weighted by atomic mass is 10.00. The van der Waals surface area contributed by atoms with Gasteiger partial charge in [-0.1, -0.05) is 24.3 Å². The second kappa shape index (κ2) is 7.63. The van der Waals surface area contributed by atoms with Crippen molar-refractivity contribution in [2.75, 3.05) is 18.2 Å². The van der Waals surface area contributed by atoms with Crippen LogP contribution in [-0.4, -0.2) is 29.9 Å². The first-order valence-corrected chi connectivity index (χ1v) is 9.13. The molecule has 0 radical (unpaired) electrons. The minimum atomic E-state index is -0.683. The van der Waals surface area contributed by atoms with E-state index >= 15 is 0 Å². The summed E-state index contributed by atoms with van der Waals surface area (Å²) in [7, 11) is 1.53. The summed E-state index contributed by atoms with van der Waals surface area (Å²) in [6.07, 6.45) is 3.67. The number of nitrogens with two attached hydrogens (primary N) is 1. The number of methoxy groups -OCH3 is 1. The topological polar surface area (TPSA) is 106 Å². The van der Waals surface area contributed by atoms with E-state index < -0.39 is 6.04 Å². The molecule has 3 aromatic rings. The Bertz CT molecular complexity index is 1080. The zero-order valence-corrected chi connectivity index (χ0v) is 15.8. The smallest absolute Gasteiger partial charge is 0.254 e. The second-order valence-corrected chi connectivity index (χ2v) is 6.79. The molecule has 7 heteroatoms. The van der Waals surface area contributed by atoms with Crippen LogP contribution in [0.1, 0.15) is 15.9 Å². The Kier molecular flexibility index (Phi) is 4.87. The van der Waals surface area contributed by atoms with Gasteiger partial charge in [-0.05, 0) is 35.4 Å². The van der Waals surface area contributed by atoms with Crippen molar-refractivity contribution >= 4 is 23.2 Å². The Morgan fingerprint density at radius 2 is 1.86 bits per heavy atom. The van der Waals surface area contributed by atoms with Crippen LogP contribution in [0, 0.1) is 0 Å². The molecule has 4 rings (SSSR count). The molecule has 2 amide bonds. The molecule has 146 valence electrons. The van der Waals surface area contributed by atoms with E-state index in [1.54, 1.807) is 30.6 Å². The van der Waals surface area contributed by atoms with E-state index in [-0.39, 0.29) is 11.8 Å². The lowest BCUT2D eigenvalue weighted by Crippen LogP contribution is -2.42. The molecule has 4 N–H and O–H groups in total. The van der Waals surface area contributed by atoms with Crippen LogP contribution in [0.3, 0.4) is 0 Å². The normalized spacial score (nSPS) is 15.7. The number of hydrogen-bond donors (Lipinski definition) is 3. The van der Waals surface area contributed by atoms with E-state index in [0.29, 0.717) is 29.1 Å². The Morgan fingerprint density at radius 1 is 1.07 bits per heavy atom. The number of rotatable bonds is 4. The number of anilines is 2. The van der Waals surface area contributed by atoms with Crippen molar-refractivity contribution in [2.45, 2.75) is 12.5 Å². The number of nitrogens with zero attached hydrogens (tertiary/aromatic N) is 1. The number of carbonyl (C=O) groups is 2. The summed E-state index contributed by atoms with van der Waals surface area (Å²) in [6.45, 7) is 0. The molecule has 0 saturated heterocycles. The predicted molar refractivity (Wildman–Crippen MR) is 111 cm³/mol. The molecule has 0 bridgehead atoms. The number of nitrogens with one attached hydrogen (secondary N) is 2.